The molecule has 1 fully saturated rings. The molecule has 1 aromatic heterocycles. The van der Waals surface area contributed by atoms with Gasteiger partial charge in [0.15, 0.2) is 0 Å². The number of nitrogens with zero attached hydrogens (tertiary/aromatic N) is 1. The second-order valence-electron chi connectivity index (χ2n) is 4.22. The van der Waals surface area contributed by atoms with Gasteiger partial charge in [-0.2, -0.15) is 0 Å². The molecule has 0 atom stereocenters. The summed E-state index contributed by atoms with van der Waals surface area (Å²) in [4.78, 5) is 14.9. The van der Waals surface area contributed by atoms with Gasteiger partial charge in [-0.3, -0.25) is 9.78 Å². The molecule has 0 amide bonds. The first-order valence-electron chi connectivity index (χ1n) is 5.46. The molecule has 0 saturated heterocycles. The molecule has 1 saturated carbocycles. The van der Waals surface area contributed by atoms with Crippen molar-refractivity contribution < 1.29 is 14.6 Å². The SMILES string of the molecule is O=C(O)CC1(OCc2ccccn2)CCC1. The zero-order valence-corrected chi connectivity index (χ0v) is 9.06. The van der Waals surface area contributed by atoms with Crippen LogP contribution in [0.2, 0.25) is 0 Å². The van der Waals surface area contributed by atoms with Gasteiger partial charge in [0.1, 0.15) is 0 Å². The molecule has 1 heterocycles. The fraction of sp³-hybridized carbons (Fsp3) is 0.500. The number of hydrogen-bond donors (Lipinski definition) is 1. The number of carboxylic acid groups (broad SMARTS) is 1. The lowest BCUT2D eigenvalue weighted by Crippen LogP contribution is -2.42. The van der Waals surface area contributed by atoms with E-state index in [1.165, 1.54) is 0 Å². The Morgan fingerprint density at radius 2 is 2.31 bits per heavy atom. The van der Waals surface area contributed by atoms with Crippen molar-refractivity contribution in [3.8, 4) is 0 Å². The van der Waals surface area contributed by atoms with E-state index in [0.717, 1.165) is 25.0 Å². The van der Waals surface area contributed by atoms with Crippen LogP contribution in [0.3, 0.4) is 0 Å². The van der Waals surface area contributed by atoms with Crippen molar-refractivity contribution in [2.75, 3.05) is 0 Å². The van der Waals surface area contributed by atoms with Crippen LogP contribution < -0.4 is 0 Å². The van der Waals surface area contributed by atoms with Crippen LogP contribution in [0.25, 0.3) is 0 Å². The molecule has 0 aromatic carbocycles. The van der Waals surface area contributed by atoms with E-state index < -0.39 is 11.6 Å². The van der Waals surface area contributed by atoms with E-state index in [0.29, 0.717) is 6.61 Å². The van der Waals surface area contributed by atoms with Crippen LogP contribution in [-0.4, -0.2) is 21.7 Å². The van der Waals surface area contributed by atoms with E-state index in [1.807, 2.05) is 18.2 Å². The summed E-state index contributed by atoms with van der Waals surface area (Å²) in [6, 6.07) is 5.63. The summed E-state index contributed by atoms with van der Waals surface area (Å²) in [5.41, 5.74) is 0.405. The van der Waals surface area contributed by atoms with Gasteiger partial charge in [-0.25, -0.2) is 0 Å². The fourth-order valence-corrected chi connectivity index (χ4v) is 1.93. The Morgan fingerprint density at radius 1 is 1.50 bits per heavy atom. The molecule has 2 rings (SSSR count). The van der Waals surface area contributed by atoms with Crippen molar-refractivity contribution >= 4 is 5.97 Å². The Morgan fingerprint density at radius 3 is 2.81 bits per heavy atom. The molecular weight excluding hydrogens is 206 g/mol. The van der Waals surface area contributed by atoms with E-state index in [9.17, 15) is 4.79 Å². The number of carboxylic acids is 1. The second kappa shape index (κ2) is 4.61. The highest BCUT2D eigenvalue weighted by Crippen LogP contribution is 2.39. The van der Waals surface area contributed by atoms with Gasteiger partial charge in [-0.05, 0) is 31.4 Å². The molecule has 1 N–H and O–H groups in total. The molecule has 0 aliphatic heterocycles. The van der Waals surface area contributed by atoms with Gasteiger partial charge in [-0.15, -0.1) is 0 Å². The number of hydrogen-bond acceptors (Lipinski definition) is 3. The summed E-state index contributed by atoms with van der Waals surface area (Å²) in [6.45, 7) is 0.397. The third kappa shape index (κ3) is 2.58. The van der Waals surface area contributed by atoms with Gasteiger partial charge >= 0.3 is 5.97 Å². The predicted octanol–water partition coefficient (Wildman–Crippen LogP) is 2.00. The minimum Gasteiger partial charge on any atom is -0.481 e. The summed E-state index contributed by atoms with van der Waals surface area (Å²) in [7, 11) is 0. The quantitative estimate of drug-likeness (QED) is 0.826. The number of ether oxygens (including phenoxy) is 1. The van der Waals surface area contributed by atoms with Crippen molar-refractivity contribution in [3.05, 3.63) is 30.1 Å². The van der Waals surface area contributed by atoms with Gasteiger partial charge in [-0.1, -0.05) is 6.07 Å². The summed E-state index contributed by atoms with van der Waals surface area (Å²) >= 11 is 0. The first-order valence-corrected chi connectivity index (χ1v) is 5.46. The lowest BCUT2D eigenvalue weighted by atomic mass is 9.77. The number of pyridine rings is 1. The highest BCUT2D eigenvalue weighted by molar-refractivity contribution is 5.68. The van der Waals surface area contributed by atoms with Crippen molar-refractivity contribution in [2.24, 2.45) is 0 Å². The van der Waals surface area contributed by atoms with Crippen molar-refractivity contribution in [1.29, 1.82) is 0 Å². The molecule has 0 radical (unpaired) electrons. The molecule has 0 unspecified atom stereocenters. The zero-order valence-electron chi connectivity index (χ0n) is 9.06. The summed E-state index contributed by atoms with van der Waals surface area (Å²) in [5.74, 6) is -0.791. The molecule has 4 nitrogen and oxygen atoms in total. The number of aromatic nitrogens is 1. The molecular formula is C12H15NO3. The van der Waals surface area contributed by atoms with Crippen molar-refractivity contribution in [3.63, 3.8) is 0 Å². The van der Waals surface area contributed by atoms with E-state index in [-0.39, 0.29) is 6.42 Å². The van der Waals surface area contributed by atoms with Crippen molar-refractivity contribution in [2.45, 2.75) is 37.9 Å². The average molecular weight is 221 g/mol. The van der Waals surface area contributed by atoms with Gasteiger partial charge in [0.2, 0.25) is 0 Å². The van der Waals surface area contributed by atoms with Crippen LogP contribution >= 0.6 is 0 Å². The Labute approximate surface area is 94.3 Å². The maximum Gasteiger partial charge on any atom is 0.306 e. The number of rotatable bonds is 5. The van der Waals surface area contributed by atoms with E-state index in [4.69, 9.17) is 9.84 Å². The van der Waals surface area contributed by atoms with Crippen LogP contribution in [0.5, 0.6) is 0 Å². The molecule has 16 heavy (non-hydrogen) atoms. The molecule has 1 aliphatic rings. The molecule has 0 bridgehead atoms. The largest absolute Gasteiger partial charge is 0.481 e. The third-order valence-corrected chi connectivity index (χ3v) is 2.99. The number of carbonyl (C=O) groups is 1. The van der Waals surface area contributed by atoms with Gasteiger partial charge in [0.25, 0.3) is 0 Å². The Hall–Kier alpha value is -1.42. The predicted molar refractivity (Wildman–Crippen MR) is 57.9 cm³/mol. The van der Waals surface area contributed by atoms with E-state index in [2.05, 4.69) is 4.98 Å². The van der Waals surface area contributed by atoms with Crippen LogP contribution in [0.15, 0.2) is 24.4 Å². The monoisotopic (exact) mass is 221 g/mol. The highest BCUT2D eigenvalue weighted by Gasteiger charge is 2.40. The van der Waals surface area contributed by atoms with Crippen LogP contribution in [0.1, 0.15) is 31.4 Å². The lowest BCUT2D eigenvalue weighted by molar-refractivity contribution is -0.156. The third-order valence-electron chi connectivity index (χ3n) is 2.99. The van der Waals surface area contributed by atoms with Gasteiger partial charge in [0, 0.05) is 6.20 Å². The molecule has 1 aliphatic carbocycles. The van der Waals surface area contributed by atoms with Crippen LogP contribution in [0, 0.1) is 0 Å². The summed E-state index contributed by atoms with van der Waals surface area (Å²) in [5, 5.41) is 8.82. The smallest absolute Gasteiger partial charge is 0.306 e. The standard InChI is InChI=1S/C12H15NO3/c14-11(15)8-12(5-3-6-12)16-9-10-4-1-2-7-13-10/h1-2,4,7H,3,5-6,8-9H2,(H,14,15). The van der Waals surface area contributed by atoms with Crippen molar-refractivity contribution in [1.82, 2.24) is 4.98 Å². The Balaban J connectivity index is 1.90. The molecule has 86 valence electrons. The van der Waals surface area contributed by atoms with E-state index in [1.54, 1.807) is 6.20 Å². The minimum absolute atomic E-state index is 0.0971. The van der Waals surface area contributed by atoms with E-state index >= 15 is 0 Å². The Kier molecular flexibility index (Phi) is 3.19. The first-order chi connectivity index (χ1) is 7.70. The molecule has 4 heteroatoms. The maximum absolute atomic E-state index is 10.7. The molecule has 1 aromatic rings. The van der Waals surface area contributed by atoms with Crippen LogP contribution in [-0.2, 0) is 16.1 Å². The average Bonchev–Trinajstić information content (AvgIpc) is 2.23. The first kappa shape index (κ1) is 11.1. The lowest BCUT2D eigenvalue weighted by Gasteiger charge is -2.40. The topological polar surface area (TPSA) is 59.4 Å². The van der Waals surface area contributed by atoms with Gasteiger partial charge < -0.3 is 9.84 Å². The second-order valence-corrected chi connectivity index (χ2v) is 4.22. The normalized spacial score (nSPS) is 17.8. The molecule has 0 spiro atoms. The Bertz CT molecular complexity index is 360. The van der Waals surface area contributed by atoms with Crippen LogP contribution in [0.4, 0.5) is 0 Å². The summed E-state index contributed by atoms with van der Waals surface area (Å²) < 4.78 is 5.72. The number of aliphatic carboxylic acids is 1. The summed E-state index contributed by atoms with van der Waals surface area (Å²) in [6.07, 6.45) is 4.54. The highest BCUT2D eigenvalue weighted by atomic mass is 16.5. The fourth-order valence-electron chi connectivity index (χ4n) is 1.93. The zero-order chi connectivity index (χ0) is 11.4. The maximum atomic E-state index is 10.7. The van der Waals surface area contributed by atoms with Gasteiger partial charge in [0.05, 0.1) is 24.3 Å². The minimum atomic E-state index is -0.791.